The first-order valence-corrected chi connectivity index (χ1v) is 8.54. The van der Waals surface area contributed by atoms with Gasteiger partial charge in [-0.15, -0.1) is 0 Å². The lowest BCUT2D eigenvalue weighted by molar-refractivity contribution is -0.136. The molecule has 1 saturated heterocycles. The van der Waals surface area contributed by atoms with E-state index in [1.807, 2.05) is 11.8 Å². The van der Waals surface area contributed by atoms with E-state index in [1.165, 1.54) is 12.1 Å². The third kappa shape index (κ3) is 3.86. The van der Waals surface area contributed by atoms with E-state index in [2.05, 4.69) is 5.32 Å². The van der Waals surface area contributed by atoms with E-state index in [-0.39, 0.29) is 23.2 Å². The van der Waals surface area contributed by atoms with Gasteiger partial charge in [-0.1, -0.05) is 19.1 Å². The van der Waals surface area contributed by atoms with Crippen molar-refractivity contribution < 1.29 is 14.0 Å². The van der Waals surface area contributed by atoms with Crippen LogP contribution in [0.25, 0.3) is 0 Å². The molecule has 1 N–H and O–H groups in total. The van der Waals surface area contributed by atoms with Gasteiger partial charge < -0.3 is 15.1 Å². The minimum Gasteiger partial charge on any atom is -0.340 e. The van der Waals surface area contributed by atoms with Gasteiger partial charge in [0.25, 0.3) is 0 Å². The number of nitrogens with zero attached hydrogens (tertiary/aromatic N) is 2. The summed E-state index contributed by atoms with van der Waals surface area (Å²) in [6.07, 6.45) is 2.73. The van der Waals surface area contributed by atoms with Crippen molar-refractivity contribution in [2.45, 2.75) is 32.7 Å². The predicted octanol–water partition coefficient (Wildman–Crippen LogP) is 2.37. The van der Waals surface area contributed by atoms with Crippen LogP contribution in [-0.4, -0.2) is 47.9 Å². The van der Waals surface area contributed by atoms with Gasteiger partial charge in [-0.2, -0.15) is 0 Å². The molecule has 1 aromatic rings. The van der Waals surface area contributed by atoms with E-state index < -0.39 is 0 Å². The average Bonchev–Trinajstić information content (AvgIpc) is 3.35. The Bertz CT molecular complexity index is 630. The van der Waals surface area contributed by atoms with E-state index >= 15 is 0 Å². The Kier molecular flexibility index (Phi) is 4.73. The Hall–Kier alpha value is -2.11. The fraction of sp³-hybridized carbons (Fsp3) is 0.556. The van der Waals surface area contributed by atoms with Crippen LogP contribution in [0.2, 0.25) is 0 Å². The molecule has 2 fully saturated rings. The Balaban J connectivity index is 1.50. The summed E-state index contributed by atoms with van der Waals surface area (Å²) in [6, 6.07) is 6.05. The summed E-state index contributed by atoms with van der Waals surface area (Å²) >= 11 is 0. The van der Waals surface area contributed by atoms with Gasteiger partial charge in [0, 0.05) is 38.1 Å². The molecule has 0 bridgehead atoms. The third-order valence-corrected chi connectivity index (χ3v) is 4.92. The van der Waals surface area contributed by atoms with Gasteiger partial charge in [0.1, 0.15) is 5.82 Å². The molecular weight excluding hydrogens is 309 g/mol. The number of hydrogen-bond acceptors (Lipinski definition) is 2. The summed E-state index contributed by atoms with van der Waals surface area (Å²) in [5.74, 6) is -0.0798. The summed E-state index contributed by atoms with van der Waals surface area (Å²) in [7, 11) is 0. The summed E-state index contributed by atoms with van der Waals surface area (Å²) in [4.78, 5) is 28.4. The maximum atomic E-state index is 13.2. The number of rotatable bonds is 3. The molecule has 0 spiro atoms. The standard InChI is InChI=1S/C18H24FN3O2/c1-18(6-7-18)16(23)21-8-3-9-22(11-10-21)17(24)20-13-14-4-2-5-15(19)12-14/h2,4-5,12H,3,6-11,13H2,1H3,(H,20,24). The lowest BCUT2D eigenvalue weighted by Gasteiger charge is -2.24. The van der Waals surface area contributed by atoms with Crippen molar-refractivity contribution in [3.05, 3.63) is 35.6 Å². The largest absolute Gasteiger partial charge is 0.340 e. The van der Waals surface area contributed by atoms with E-state index in [0.29, 0.717) is 32.7 Å². The van der Waals surface area contributed by atoms with Crippen LogP contribution in [0.3, 0.4) is 0 Å². The van der Waals surface area contributed by atoms with Crippen LogP contribution >= 0.6 is 0 Å². The second kappa shape index (κ2) is 6.79. The molecule has 130 valence electrons. The predicted molar refractivity (Wildman–Crippen MR) is 88.7 cm³/mol. The molecule has 0 atom stereocenters. The zero-order valence-corrected chi connectivity index (χ0v) is 14.1. The average molecular weight is 333 g/mol. The molecule has 24 heavy (non-hydrogen) atoms. The topological polar surface area (TPSA) is 52.7 Å². The summed E-state index contributed by atoms with van der Waals surface area (Å²) in [6.45, 7) is 4.79. The van der Waals surface area contributed by atoms with E-state index in [9.17, 15) is 14.0 Å². The van der Waals surface area contributed by atoms with Crippen LogP contribution in [0.4, 0.5) is 9.18 Å². The molecule has 1 aliphatic heterocycles. The van der Waals surface area contributed by atoms with Gasteiger partial charge in [0.2, 0.25) is 5.91 Å². The Labute approximate surface area is 141 Å². The van der Waals surface area contributed by atoms with Gasteiger partial charge in [-0.3, -0.25) is 4.79 Å². The zero-order chi connectivity index (χ0) is 17.2. The van der Waals surface area contributed by atoms with Crippen LogP contribution < -0.4 is 5.32 Å². The number of nitrogens with one attached hydrogen (secondary N) is 1. The maximum absolute atomic E-state index is 13.2. The van der Waals surface area contributed by atoms with Crippen molar-refractivity contribution in [1.29, 1.82) is 0 Å². The first-order valence-electron chi connectivity index (χ1n) is 8.54. The normalized spacial score (nSPS) is 19.6. The fourth-order valence-corrected chi connectivity index (χ4v) is 3.04. The first-order chi connectivity index (χ1) is 11.5. The number of hydrogen-bond donors (Lipinski definition) is 1. The monoisotopic (exact) mass is 333 g/mol. The highest BCUT2D eigenvalue weighted by Crippen LogP contribution is 2.46. The van der Waals surface area contributed by atoms with E-state index in [1.54, 1.807) is 17.0 Å². The lowest BCUT2D eigenvalue weighted by atomic mass is 10.1. The summed E-state index contributed by atoms with van der Waals surface area (Å²) in [5.41, 5.74) is 0.575. The lowest BCUT2D eigenvalue weighted by Crippen LogP contribution is -2.43. The molecule has 1 aromatic carbocycles. The van der Waals surface area contributed by atoms with Gasteiger partial charge >= 0.3 is 6.03 Å². The Morgan fingerprint density at radius 1 is 1.17 bits per heavy atom. The smallest absolute Gasteiger partial charge is 0.317 e. The summed E-state index contributed by atoms with van der Waals surface area (Å²) in [5, 5.41) is 2.83. The molecule has 3 amide bonds. The Morgan fingerprint density at radius 3 is 2.58 bits per heavy atom. The van der Waals surface area contributed by atoms with Crippen LogP contribution in [0.15, 0.2) is 24.3 Å². The van der Waals surface area contributed by atoms with E-state index in [0.717, 1.165) is 24.8 Å². The van der Waals surface area contributed by atoms with Crippen molar-refractivity contribution in [3.8, 4) is 0 Å². The van der Waals surface area contributed by atoms with Crippen molar-refractivity contribution in [3.63, 3.8) is 0 Å². The zero-order valence-electron chi connectivity index (χ0n) is 14.1. The second-order valence-electron chi connectivity index (χ2n) is 6.98. The molecule has 1 saturated carbocycles. The highest BCUT2D eigenvalue weighted by atomic mass is 19.1. The SMILES string of the molecule is CC1(C(=O)N2CCCN(C(=O)NCc3cccc(F)c3)CC2)CC1. The molecular formula is C18H24FN3O2. The maximum Gasteiger partial charge on any atom is 0.317 e. The van der Waals surface area contributed by atoms with Crippen LogP contribution in [0.1, 0.15) is 31.7 Å². The minimum absolute atomic E-state index is 0.158. The molecule has 2 aliphatic rings. The van der Waals surface area contributed by atoms with Crippen molar-refractivity contribution >= 4 is 11.9 Å². The fourth-order valence-electron chi connectivity index (χ4n) is 3.04. The highest BCUT2D eigenvalue weighted by molar-refractivity contribution is 5.85. The molecule has 0 radical (unpaired) electrons. The number of halogens is 1. The number of carbonyl (C=O) groups is 2. The molecule has 0 unspecified atom stereocenters. The number of amides is 3. The molecule has 0 aromatic heterocycles. The molecule has 3 rings (SSSR count). The van der Waals surface area contributed by atoms with E-state index in [4.69, 9.17) is 0 Å². The van der Waals surface area contributed by atoms with Crippen LogP contribution in [0.5, 0.6) is 0 Å². The second-order valence-corrected chi connectivity index (χ2v) is 6.98. The van der Waals surface area contributed by atoms with Gasteiger partial charge in [-0.25, -0.2) is 9.18 Å². The quantitative estimate of drug-likeness (QED) is 0.923. The van der Waals surface area contributed by atoms with Gasteiger partial charge in [0.15, 0.2) is 0 Å². The number of benzene rings is 1. The first kappa shape index (κ1) is 16.7. The minimum atomic E-state index is -0.306. The molecule has 1 heterocycles. The van der Waals surface area contributed by atoms with Crippen LogP contribution in [-0.2, 0) is 11.3 Å². The van der Waals surface area contributed by atoms with Crippen LogP contribution in [0, 0.1) is 11.2 Å². The van der Waals surface area contributed by atoms with Crippen molar-refractivity contribution in [2.24, 2.45) is 5.41 Å². The third-order valence-electron chi connectivity index (χ3n) is 4.92. The van der Waals surface area contributed by atoms with Gasteiger partial charge in [-0.05, 0) is 37.0 Å². The molecule has 6 heteroatoms. The highest BCUT2D eigenvalue weighted by Gasteiger charge is 2.47. The number of carbonyl (C=O) groups excluding carboxylic acids is 2. The van der Waals surface area contributed by atoms with Crippen molar-refractivity contribution in [2.75, 3.05) is 26.2 Å². The molecule has 5 nitrogen and oxygen atoms in total. The number of urea groups is 1. The van der Waals surface area contributed by atoms with Crippen molar-refractivity contribution in [1.82, 2.24) is 15.1 Å². The molecule has 1 aliphatic carbocycles. The van der Waals surface area contributed by atoms with Gasteiger partial charge in [0.05, 0.1) is 0 Å². The summed E-state index contributed by atoms with van der Waals surface area (Å²) < 4.78 is 13.2. The Morgan fingerprint density at radius 2 is 1.88 bits per heavy atom.